The maximum absolute atomic E-state index is 12.6. The molecule has 0 fully saturated rings. The Balaban J connectivity index is 1.93. The molecule has 0 unspecified atom stereocenters. The molecule has 1 atom stereocenters. The SMILES string of the molecule is CC(=O)NCC(=O)c1c(N)cccc1[C@@]1(O)Cc2ccc(OC(F)(F)F)cc2O1. The second kappa shape index (κ2) is 7.28. The maximum atomic E-state index is 12.6. The van der Waals surface area contributed by atoms with Crippen LogP contribution < -0.4 is 20.5 Å². The minimum atomic E-state index is -4.87. The highest BCUT2D eigenvalue weighted by molar-refractivity contribution is 6.04. The second-order valence-electron chi connectivity index (χ2n) is 6.48. The lowest BCUT2D eigenvalue weighted by atomic mass is 9.92. The highest BCUT2D eigenvalue weighted by Crippen LogP contribution is 2.43. The molecular formula is C19H17F3N2O5. The normalized spacial score (nSPS) is 18.0. The highest BCUT2D eigenvalue weighted by Gasteiger charge is 2.42. The van der Waals surface area contributed by atoms with Gasteiger partial charge in [-0.2, -0.15) is 0 Å². The number of anilines is 1. The Morgan fingerprint density at radius 2 is 2.03 bits per heavy atom. The molecule has 2 aromatic carbocycles. The van der Waals surface area contributed by atoms with Crippen molar-refractivity contribution in [1.82, 2.24) is 5.32 Å². The smallest absolute Gasteiger partial charge is 0.457 e. The summed E-state index contributed by atoms with van der Waals surface area (Å²) < 4.78 is 46.7. The average molecular weight is 410 g/mol. The van der Waals surface area contributed by atoms with Gasteiger partial charge < -0.3 is 25.6 Å². The number of nitrogens with one attached hydrogen (secondary N) is 1. The first kappa shape index (κ1) is 20.5. The Morgan fingerprint density at radius 1 is 1.31 bits per heavy atom. The number of carbonyl (C=O) groups excluding carboxylic acids is 2. The Hall–Kier alpha value is -3.27. The number of Topliss-reactive ketones (excluding diaryl/α,β-unsaturated/α-hetero) is 1. The van der Waals surface area contributed by atoms with Crippen LogP contribution in [0.2, 0.25) is 0 Å². The molecule has 1 heterocycles. The van der Waals surface area contributed by atoms with Crippen molar-refractivity contribution >= 4 is 17.4 Å². The van der Waals surface area contributed by atoms with E-state index in [1.165, 1.54) is 31.2 Å². The van der Waals surface area contributed by atoms with Crippen LogP contribution in [0.1, 0.15) is 28.4 Å². The number of nitrogens with two attached hydrogens (primary N) is 1. The third-order valence-electron chi connectivity index (χ3n) is 4.28. The van der Waals surface area contributed by atoms with E-state index in [1.54, 1.807) is 0 Å². The predicted octanol–water partition coefficient (Wildman–Crippen LogP) is 2.27. The number of fused-ring (bicyclic) bond motifs is 1. The molecule has 29 heavy (non-hydrogen) atoms. The van der Waals surface area contributed by atoms with Gasteiger partial charge in [-0.1, -0.05) is 18.2 Å². The van der Waals surface area contributed by atoms with E-state index in [2.05, 4.69) is 10.1 Å². The number of halogens is 3. The Bertz CT molecular complexity index is 977. The molecule has 1 aliphatic heterocycles. The van der Waals surface area contributed by atoms with Crippen molar-refractivity contribution in [3.8, 4) is 11.5 Å². The van der Waals surface area contributed by atoms with Crippen LogP contribution in [0.4, 0.5) is 18.9 Å². The molecule has 4 N–H and O–H groups in total. The van der Waals surface area contributed by atoms with Crippen molar-refractivity contribution in [2.24, 2.45) is 0 Å². The van der Waals surface area contributed by atoms with Gasteiger partial charge in [-0.3, -0.25) is 9.59 Å². The molecule has 3 rings (SSSR count). The van der Waals surface area contributed by atoms with Crippen molar-refractivity contribution in [1.29, 1.82) is 0 Å². The van der Waals surface area contributed by atoms with E-state index in [4.69, 9.17) is 10.5 Å². The number of alkyl halides is 3. The Morgan fingerprint density at radius 3 is 2.69 bits per heavy atom. The van der Waals surface area contributed by atoms with Gasteiger partial charge in [0.2, 0.25) is 11.7 Å². The van der Waals surface area contributed by atoms with Gasteiger partial charge in [-0.15, -0.1) is 13.2 Å². The van der Waals surface area contributed by atoms with Crippen LogP contribution in [0.25, 0.3) is 0 Å². The van der Waals surface area contributed by atoms with Gasteiger partial charge in [-0.25, -0.2) is 0 Å². The molecule has 1 aliphatic rings. The maximum Gasteiger partial charge on any atom is 0.573 e. The lowest BCUT2D eigenvalue weighted by Crippen LogP contribution is -2.35. The Labute approximate surface area is 163 Å². The zero-order valence-electron chi connectivity index (χ0n) is 15.2. The van der Waals surface area contributed by atoms with E-state index in [9.17, 15) is 27.9 Å². The summed E-state index contributed by atoms with van der Waals surface area (Å²) in [6.07, 6.45) is -5.00. The van der Waals surface area contributed by atoms with Gasteiger partial charge in [0, 0.05) is 36.2 Å². The third-order valence-corrected chi connectivity index (χ3v) is 4.28. The van der Waals surface area contributed by atoms with E-state index in [-0.39, 0.29) is 35.5 Å². The van der Waals surface area contributed by atoms with Gasteiger partial charge >= 0.3 is 6.36 Å². The van der Waals surface area contributed by atoms with E-state index >= 15 is 0 Å². The summed E-state index contributed by atoms with van der Waals surface area (Å²) in [5.74, 6) is -3.53. The van der Waals surface area contributed by atoms with Crippen LogP contribution in [0.5, 0.6) is 11.5 Å². The standard InChI is InChI=1S/C19H17F3N2O5/c1-10(25)24-9-15(26)17-13(3-2-4-14(17)23)18(27)8-11-5-6-12(7-16(11)29-18)28-19(20,21)22/h2-7,27H,8-9,23H2,1H3,(H,24,25)/t18-/m1/s1. The van der Waals surface area contributed by atoms with E-state index in [1.807, 2.05) is 0 Å². The first-order valence-electron chi connectivity index (χ1n) is 8.45. The van der Waals surface area contributed by atoms with Crippen LogP contribution in [0.15, 0.2) is 36.4 Å². The third kappa shape index (κ3) is 4.43. The number of aliphatic hydroxyl groups is 1. The van der Waals surface area contributed by atoms with Crippen LogP contribution in [0, 0.1) is 0 Å². The number of ether oxygens (including phenoxy) is 2. The molecule has 0 aliphatic carbocycles. The number of hydrogen-bond donors (Lipinski definition) is 3. The Kier molecular flexibility index (Phi) is 5.14. The molecule has 0 spiro atoms. The fourth-order valence-electron chi connectivity index (χ4n) is 3.10. The first-order valence-corrected chi connectivity index (χ1v) is 8.45. The zero-order valence-corrected chi connectivity index (χ0v) is 15.2. The quantitative estimate of drug-likeness (QED) is 0.515. The molecule has 0 saturated heterocycles. The number of amides is 1. The summed E-state index contributed by atoms with van der Waals surface area (Å²) in [6.45, 7) is 0.899. The number of carbonyl (C=O) groups is 2. The van der Waals surface area contributed by atoms with Crippen molar-refractivity contribution in [2.45, 2.75) is 25.5 Å². The molecule has 0 bridgehead atoms. The number of benzene rings is 2. The topological polar surface area (TPSA) is 111 Å². The van der Waals surface area contributed by atoms with Crippen LogP contribution in [0.3, 0.4) is 0 Å². The zero-order chi connectivity index (χ0) is 21.4. The molecule has 0 saturated carbocycles. The van der Waals surface area contributed by atoms with Crippen LogP contribution >= 0.6 is 0 Å². The molecule has 2 aromatic rings. The summed E-state index contributed by atoms with van der Waals surface area (Å²) in [7, 11) is 0. The minimum Gasteiger partial charge on any atom is -0.457 e. The van der Waals surface area contributed by atoms with Crippen molar-refractivity contribution < 1.29 is 37.3 Å². The fraction of sp³-hybridized carbons (Fsp3) is 0.263. The molecular weight excluding hydrogens is 393 g/mol. The van der Waals surface area contributed by atoms with E-state index in [0.717, 1.165) is 12.1 Å². The molecule has 7 nitrogen and oxygen atoms in total. The summed E-state index contributed by atoms with van der Waals surface area (Å²) >= 11 is 0. The summed E-state index contributed by atoms with van der Waals surface area (Å²) in [4.78, 5) is 23.7. The van der Waals surface area contributed by atoms with Crippen LogP contribution in [-0.2, 0) is 17.0 Å². The van der Waals surface area contributed by atoms with Gasteiger partial charge in [0.1, 0.15) is 11.5 Å². The molecule has 154 valence electrons. The van der Waals surface area contributed by atoms with Gasteiger partial charge in [0.05, 0.1) is 12.1 Å². The molecule has 0 radical (unpaired) electrons. The van der Waals surface area contributed by atoms with Crippen molar-refractivity contribution in [3.63, 3.8) is 0 Å². The highest BCUT2D eigenvalue weighted by atomic mass is 19.4. The van der Waals surface area contributed by atoms with Crippen molar-refractivity contribution in [3.05, 3.63) is 53.1 Å². The molecule has 10 heteroatoms. The molecule has 1 amide bonds. The number of ketones is 1. The van der Waals surface area contributed by atoms with Crippen molar-refractivity contribution in [2.75, 3.05) is 12.3 Å². The summed E-state index contributed by atoms with van der Waals surface area (Å²) in [6, 6.07) is 7.82. The number of rotatable bonds is 5. The summed E-state index contributed by atoms with van der Waals surface area (Å²) in [5.41, 5.74) is 6.40. The number of nitrogen functional groups attached to an aromatic ring is 1. The largest absolute Gasteiger partial charge is 0.573 e. The first-order chi connectivity index (χ1) is 13.5. The van der Waals surface area contributed by atoms with E-state index in [0.29, 0.717) is 5.56 Å². The van der Waals surface area contributed by atoms with E-state index < -0.39 is 29.6 Å². The number of hydrogen-bond acceptors (Lipinski definition) is 6. The lowest BCUT2D eigenvalue weighted by Gasteiger charge is -2.25. The van der Waals surface area contributed by atoms with Gasteiger partial charge in [-0.05, 0) is 12.1 Å². The minimum absolute atomic E-state index is 0.0167. The predicted molar refractivity (Wildman–Crippen MR) is 95.2 cm³/mol. The van der Waals surface area contributed by atoms with Gasteiger partial charge in [0.25, 0.3) is 0 Å². The lowest BCUT2D eigenvalue weighted by molar-refractivity contribution is -0.274. The fourth-order valence-corrected chi connectivity index (χ4v) is 3.10. The second-order valence-corrected chi connectivity index (χ2v) is 6.48. The average Bonchev–Trinajstić information content (AvgIpc) is 2.94. The van der Waals surface area contributed by atoms with Crippen LogP contribution in [-0.4, -0.2) is 29.7 Å². The summed E-state index contributed by atoms with van der Waals surface area (Å²) in [5, 5.41) is 13.4. The van der Waals surface area contributed by atoms with Gasteiger partial charge in [0.15, 0.2) is 5.78 Å². The molecule has 0 aromatic heterocycles. The monoisotopic (exact) mass is 410 g/mol.